The first-order valence-electron chi connectivity index (χ1n) is 16.5. The first kappa shape index (κ1) is 33.4. The van der Waals surface area contributed by atoms with Crippen LogP contribution in [0.3, 0.4) is 0 Å². The molecule has 10 nitrogen and oxygen atoms in total. The second-order valence-corrected chi connectivity index (χ2v) is 13.8. The maximum Gasteiger partial charge on any atom is 0.301 e. The van der Waals surface area contributed by atoms with Gasteiger partial charge < -0.3 is 24.1 Å². The molecule has 50 heavy (non-hydrogen) atoms. The lowest BCUT2D eigenvalue weighted by molar-refractivity contribution is -0.132. The zero-order valence-corrected chi connectivity index (χ0v) is 29.2. The molecule has 0 radical (unpaired) electrons. The van der Waals surface area contributed by atoms with E-state index in [1.165, 1.54) is 28.0 Å². The summed E-state index contributed by atoms with van der Waals surface area (Å²) < 4.78 is 24.0. The predicted molar refractivity (Wildman–Crippen MR) is 194 cm³/mol. The summed E-state index contributed by atoms with van der Waals surface area (Å²) in [6.07, 6.45) is 1.85. The van der Waals surface area contributed by atoms with Gasteiger partial charge >= 0.3 is 5.91 Å². The van der Waals surface area contributed by atoms with Crippen molar-refractivity contribution in [3.8, 4) is 23.0 Å². The number of Topliss-reactive ketones (excluding diaryl/α,β-unsaturated/α-hetero) is 1. The number of hydrogen-bond acceptors (Lipinski definition) is 11. The summed E-state index contributed by atoms with van der Waals surface area (Å²) in [5, 5.41) is 23.1. The molecule has 7 rings (SSSR count). The van der Waals surface area contributed by atoms with Crippen LogP contribution in [0.2, 0.25) is 0 Å². The predicted octanol–water partition coefficient (Wildman–Crippen LogP) is 7.96. The quantitative estimate of drug-likeness (QED) is 0.0341. The molecule has 0 spiro atoms. The molecule has 1 saturated heterocycles. The van der Waals surface area contributed by atoms with Crippen molar-refractivity contribution in [2.45, 2.75) is 42.8 Å². The largest absolute Gasteiger partial charge is 0.507 e. The van der Waals surface area contributed by atoms with Gasteiger partial charge in [-0.25, -0.2) is 0 Å². The van der Waals surface area contributed by atoms with Gasteiger partial charge in [-0.3, -0.25) is 14.5 Å². The van der Waals surface area contributed by atoms with Crippen molar-refractivity contribution in [2.75, 3.05) is 31.3 Å². The van der Waals surface area contributed by atoms with Crippen molar-refractivity contribution in [3.05, 3.63) is 101 Å². The topological polar surface area (TPSA) is 120 Å². The van der Waals surface area contributed by atoms with Crippen LogP contribution in [-0.2, 0) is 15.3 Å². The van der Waals surface area contributed by atoms with Crippen molar-refractivity contribution < 1.29 is 33.6 Å². The lowest BCUT2D eigenvalue weighted by Gasteiger charge is -2.24. The number of rotatable bonds is 12. The SMILES string of the molecule is CCCCOc1ccc(C2/C(=C(\O)c3ccc4c(c3)OCCO4)C(=O)C(=O)N2c2nnc(SCc3cccc4ccccc34)s2)cc1OCC. The standard InChI is InChI=1S/C38H35N3O7S2/c1-3-5-17-46-28-15-13-24(20-30(28)45-4-2)33-32(34(42)25-14-16-29-31(21-25)48-19-18-47-29)35(43)36(44)41(33)37-39-40-38(50-37)49-22-26-11-8-10-23-9-6-7-12-27(23)26/h6-16,20-21,33,42H,3-5,17-19,22H2,1-2H3/b34-32+. The third kappa shape index (κ3) is 6.60. The highest BCUT2D eigenvalue weighted by Gasteiger charge is 2.48. The Balaban J connectivity index is 1.28. The summed E-state index contributed by atoms with van der Waals surface area (Å²) in [6, 6.07) is 23.6. The van der Waals surface area contributed by atoms with Gasteiger partial charge in [0.15, 0.2) is 27.3 Å². The highest BCUT2D eigenvalue weighted by Crippen LogP contribution is 2.46. The van der Waals surface area contributed by atoms with E-state index in [4.69, 9.17) is 18.9 Å². The van der Waals surface area contributed by atoms with Crippen LogP contribution >= 0.6 is 23.1 Å². The Bertz CT molecular complexity index is 2090. The summed E-state index contributed by atoms with van der Waals surface area (Å²) in [7, 11) is 0. The van der Waals surface area contributed by atoms with E-state index in [0.29, 0.717) is 70.6 Å². The van der Waals surface area contributed by atoms with Crippen LogP contribution in [0.25, 0.3) is 16.5 Å². The number of unbranched alkanes of at least 4 members (excludes halogenated alkanes) is 1. The van der Waals surface area contributed by atoms with Gasteiger partial charge in [-0.2, -0.15) is 0 Å². The lowest BCUT2D eigenvalue weighted by atomic mass is 9.95. The van der Waals surface area contributed by atoms with Crippen molar-refractivity contribution in [1.29, 1.82) is 0 Å². The summed E-state index contributed by atoms with van der Waals surface area (Å²) in [5.41, 5.74) is 1.91. The molecular weight excluding hydrogens is 675 g/mol. The number of aromatic nitrogens is 2. The maximum atomic E-state index is 13.9. The van der Waals surface area contributed by atoms with Gasteiger partial charge in [-0.1, -0.05) is 85.0 Å². The van der Waals surface area contributed by atoms with E-state index in [-0.39, 0.29) is 16.5 Å². The molecule has 2 aliphatic heterocycles. The van der Waals surface area contributed by atoms with E-state index in [9.17, 15) is 14.7 Å². The minimum atomic E-state index is -1.03. The number of hydrogen-bond donors (Lipinski definition) is 1. The Kier molecular flexibility index (Phi) is 9.90. The van der Waals surface area contributed by atoms with Gasteiger partial charge in [0.1, 0.15) is 19.0 Å². The van der Waals surface area contributed by atoms with Crippen LogP contribution < -0.4 is 23.8 Å². The number of aliphatic hydroxyl groups excluding tert-OH is 1. The molecule has 2 aliphatic rings. The highest BCUT2D eigenvalue weighted by atomic mass is 32.2. The van der Waals surface area contributed by atoms with E-state index >= 15 is 0 Å². The second kappa shape index (κ2) is 14.8. The van der Waals surface area contributed by atoms with Gasteiger partial charge in [0.05, 0.1) is 24.8 Å². The number of benzene rings is 4. The van der Waals surface area contributed by atoms with Crippen LogP contribution in [0.4, 0.5) is 5.13 Å². The molecule has 1 atom stereocenters. The fourth-order valence-electron chi connectivity index (χ4n) is 6.02. The molecule has 12 heteroatoms. The Morgan fingerprint density at radius 1 is 0.940 bits per heavy atom. The van der Waals surface area contributed by atoms with E-state index in [2.05, 4.69) is 41.4 Å². The van der Waals surface area contributed by atoms with Crippen LogP contribution in [0.1, 0.15) is 49.4 Å². The third-order valence-electron chi connectivity index (χ3n) is 8.43. The number of fused-ring (bicyclic) bond motifs is 2. The number of aliphatic hydroxyl groups is 1. The second-order valence-electron chi connectivity index (χ2n) is 11.6. The normalized spacial score (nSPS) is 16.6. The minimum Gasteiger partial charge on any atom is -0.507 e. The molecule has 256 valence electrons. The van der Waals surface area contributed by atoms with Gasteiger partial charge in [0.25, 0.3) is 5.78 Å². The summed E-state index contributed by atoms with van der Waals surface area (Å²) in [4.78, 5) is 29.1. The first-order valence-corrected chi connectivity index (χ1v) is 18.3. The number of carbonyl (C=O) groups is 2. The van der Waals surface area contributed by atoms with Gasteiger partial charge in [0.2, 0.25) is 5.13 Å². The van der Waals surface area contributed by atoms with E-state index in [1.54, 1.807) is 36.4 Å². The molecule has 0 saturated carbocycles. The number of amides is 1. The number of ketones is 1. The molecule has 0 aliphatic carbocycles. The molecule has 3 heterocycles. The Morgan fingerprint density at radius 3 is 2.60 bits per heavy atom. The van der Waals surface area contributed by atoms with Crippen LogP contribution in [-0.4, -0.2) is 53.4 Å². The highest BCUT2D eigenvalue weighted by molar-refractivity contribution is 8.00. The zero-order chi connectivity index (χ0) is 34.6. The fourth-order valence-corrected chi connectivity index (χ4v) is 7.89. The number of nitrogens with zero attached hydrogens (tertiary/aromatic N) is 3. The number of carbonyl (C=O) groups excluding carboxylic acids is 2. The Labute approximate surface area is 297 Å². The summed E-state index contributed by atoms with van der Waals surface area (Å²) in [6.45, 7) is 5.61. The molecule has 4 aromatic carbocycles. The van der Waals surface area contributed by atoms with Gasteiger partial charge in [-0.15, -0.1) is 10.2 Å². The number of thioether (sulfide) groups is 1. The van der Waals surface area contributed by atoms with Crippen LogP contribution in [0.5, 0.6) is 23.0 Å². The minimum absolute atomic E-state index is 0.0889. The lowest BCUT2D eigenvalue weighted by Crippen LogP contribution is -2.29. The molecule has 1 aromatic heterocycles. The van der Waals surface area contributed by atoms with Crippen molar-refractivity contribution in [3.63, 3.8) is 0 Å². The van der Waals surface area contributed by atoms with E-state index in [0.717, 1.165) is 29.2 Å². The molecule has 5 aromatic rings. The molecule has 1 amide bonds. The third-order valence-corrected chi connectivity index (χ3v) is 10.5. The summed E-state index contributed by atoms with van der Waals surface area (Å²) >= 11 is 2.72. The van der Waals surface area contributed by atoms with Crippen molar-refractivity contribution >= 4 is 56.5 Å². The Hall–Kier alpha value is -5.07. The smallest absolute Gasteiger partial charge is 0.301 e. The summed E-state index contributed by atoms with van der Waals surface area (Å²) in [5.74, 6) is 0.623. The fraction of sp³-hybridized carbons (Fsp3) is 0.263. The average Bonchev–Trinajstić information content (AvgIpc) is 3.72. The van der Waals surface area contributed by atoms with E-state index < -0.39 is 17.7 Å². The maximum absolute atomic E-state index is 13.9. The van der Waals surface area contributed by atoms with Gasteiger partial charge in [0, 0.05) is 11.3 Å². The van der Waals surface area contributed by atoms with E-state index in [1.807, 2.05) is 25.1 Å². The van der Waals surface area contributed by atoms with Gasteiger partial charge in [-0.05, 0) is 65.6 Å². The van der Waals surface area contributed by atoms with Crippen molar-refractivity contribution in [2.24, 2.45) is 0 Å². The molecule has 1 N–H and O–H groups in total. The Morgan fingerprint density at radius 2 is 1.76 bits per heavy atom. The number of ether oxygens (including phenoxy) is 4. The van der Waals surface area contributed by atoms with Crippen LogP contribution in [0, 0.1) is 0 Å². The monoisotopic (exact) mass is 709 g/mol. The van der Waals surface area contributed by atoms with Crippen LogP contribution in [0.15, 0.2) is 88.8 Å². The molecular formula is C38H35N3O7S2. The molecule has 1 unspecified atom stereocenters. The van der Waals surface area contributed by atoms with Crippen molar-refractivity contribution in [1.82, 2.24) is 10.2 Å². The number of anilines is 1. The first-order chi connectivity index (χ1) is 24.5. The molecule has 1 fully saturated rings. The molecule has 0 bridgehead atoms. The zero-order valence-electron chi connectivity index (χ0n) is 27.6. The average molecular weight is 710 g/mol.